The molecule has 4 rings (SSSR count). The maximum atomic E-state index is 14.9. The molecule has 0 spiro atoms. The lowest BCUT2D eigenvalue weighted by Gasteiger charge is -2.16. The van der Waals surface area contributed by atoms with Crippen LogP contribution in [-0.2, 0) is 4.74 Å². The Hall–Kier alpha value is -4.02. The van der Waals surface area contributed by atoms with Gasteiger partial charge in [0.1, 0.15) is 12.4 Å². The molecule has 1 aliphatic heterocycles. The van der Waals surface area contributed by atoms with Crippen LogP contribution in [0.3, 0.4) is 0 Å². The highest BCUT2D eigenvalue weighted by molar-refractivity contribution is 5.90. The summed E-state index contributed by atoms with van der Waals surface area (Å²) in [6.07, 6.45) is 3.05. The van der Waals surface area contributed by atoms with Crippen LogP contribution in [0.5, 0.6) is 0 Å². The van der Waals surface area contributed by atoms with Crippen LogP contribution >= 0.6 is 0 Å². The molecule has 0 bridgehead atoms. The molecule has 1 aromatic carbocycles. The van der Waals surface area contributed by atoms with Crippen LogP contribution in [-0.4, -0.2) is 47.7 Å². The number of ether oxygens (including phenoxy) is 1. The van der Waals surface area contributed by atoms with Gasteiger partial charge in [0, 0.05) is 29.4 Å². The molecule has 1 fully saturated rings. The van der Waals surface area contributed by atoms with E-state index in [1.807, 2.05) is 13.8 Å². The van der Waals surface area contributed by atoms with Gasteiger partial charge in [0.25, 0.3) is 0 Å². The van der Waals surface area contributed by atoms with E-state index in [4.69, 9.17) is 9.26 Å². The summed E-state index contributed by atoms with van der Waals surface area (Å²) in [6, 6.07) is 7.83. The van der Waals surface area contributed by atoms with E-state index in [2.05, 4.69) is 26.0 Å². The summed E-state index contributed by atoms with van der Waals surface area (Å²) in [6.45, 7) is 4.20. The Labute approximate surface area is 188 Å². The van der Waals surface area contributed by atoms with Gasteiger partial charge in [-0.15, -0.1) is 0 Å². The summed E-state index contributed by atoms with van der Waals surface area (Å²) in [4.78, 5) is 17.5. The third-order valence-corrected chi connectivity index (χ3v) is 4.80. The molecule has 1 atom stereocenters. The van der Waals surface area contributed by atoms with Crippen LogP contribution in [0.2, 0.25) is 0 Å². The van der Waals surface area contributed by atoms with Crippen LogP contribution < -0.4 is 15.6 Å². The monoisotopic (exact) mass is 456 g/mol. The first-order valence-electron chi connectivity index (χ1n) is 10.3. The molecule has 0 saturated carbocycles. The van der Waals surface area contributed by atoms with Crippen molar-refractivity contribution in [2.75, 3.05) is 23.3 Å². The number of amides is 1. The molecular weight excluding hydrogens is 434 g/mol. The van der Waals surface area contributed by atoms with Crippen molar-refractivity contribution in [1.82, 2.24) is 15.6 Å². The van der Waals surface area contributed by atoms with Crippen molar-refractivity contribution in [3.63, 3.8) is 0 Å². The summed E-state index contributed by atoms with van der Waals surface area (Å²) in [5, 5.41) is 10.7. The molecule has 33 heavy (non-hydrogen) atoms. The predicted octanol–water partition coefficient (Wildman–Crippen LogP) is 3.78. The highest BCUT2D eigenvalue weighted by atomic mass is 19.2. The smallest absolute Gasteiger partial charge is 0.414 e. The van der Waals surface area contributed by atoms with E-state index in [1.54, 1.807) is 18.2 Å². The van der Waals surface area contributed by atoms with Crippen molar-refractivity contribution in [2.45, 2.75) is 26.0 Å². The second-order valence-electron chi connectivity index (χ2n) is 7.66. The van der Waals surface area contributed by atoms with Crippen molar-refractivity contribution in [2.24, 2.45) is 5.10 Å². The highest BCUT2D eigenvalue weighted by Gasteiger charge is 2.35. The molecular formula is C22H22F2N6O3. The van der Waals surface area contributed by atoms with Gasteiger partial charge in [-0.3, -0.25) is 9.88 Å². The Balaban J connectivity index is 1.47. The number of aromatic nitrogens is 2. The number of pyridine rings is 1. The standard InChI is InChI=1S/C22H22F2N6O3/c1-13(2)28-27-10-15-4-3-14(9-25-15)17-5-6-18(21(24)20(17)23)30-12-16(33-22(30)31)11-26-19-7-8-32-29-19/h3-10,13,16,28H,11-12H2,1-2H3,(H,26,29)/b27-10+/t16-/m0/s1. The van der Waals surface area contributed by atoms with Gasteiger partial charge in [-0.1, -0.05) is 11.2 Å². The number of cyclic esters (lactones) is 1. The average molecular weight is 456 g/mol. The van der Waals surface area contributed by atoms with Crippen LogP contribution in [0.4, 0.5) is 25.1 Å². The second-order valence-corrected chi connectivity index (χ2v) is 7.66. The fourth-order valence-electron chi connectivity index (χ4n) is 3.21. The molecule has 172 valence electrons. The molecule has 0 radical (unpaired) electrons. The molecule has 1 amide bonds. The van der Waals surface area contributed by atoms with E-state index in [1.165, 1.54) is 30.8 Å². The van der Waals surface area contributed by atoms with Crippen molar-refractivity contribution < 1.29 is 22.8 Å². The van der Waals surface area contributed by atoms with Crippen LogP contribution in [0.1, 0.15) is 19.5 Å². The normalized spacial score (nSPS) is 16.0. The highest BCUT2D eigenvalue weighted by Crippen LogP contribution is 2.32. The van der Waals surface area contributed by atoms with Gasteiger partial charge in [0.05, 0.1) is 30.7 Å². The summed E-state index contributed by atoms with van der Waals surface area (Å²) in [7, 11) is 0. The molecule has 2 aromatic heterocycles. The first-order chi connectivity index (χ1) is 15.9. The number of halogens is 2. The number of hydrogen-bond acceptors (Lipinski definition) is 8. The molecule has 2 N–H and O–H groups in total. The Morgan fingerprint density at radius 3 is 2.79 bits per heavy atom. The Morgan fingerprint density at radius 2 is 2.09 bits per heavy atom. The minimum Gasteiger partial charge on any atom is -0.442 e. The molecule has 0 unspecified atom stereocenters. The second kappa shape index (κ2) is 9.63. The first-order valence-corrected chi connectivity index (χ1v) is 10.3. The minimum absolute atomic E-state index is 0.0318. The van der Waals surface area contributed by atoms with E-state index in [0.29, 0.717) is 17.1 Å². The van der Waals surface area contributed by atoms with Crippen molar-refractivity contribution in [3.05, 3.63) is 60.1 Å². The number of carbonyl (C=O) groups excluding carboxylic acids is 1. The van der Waals surface area contributed by atoms with Crippen LogP contribution in [0.25, 0.3) is 11.1 Å². The van der Waals surface area contributed by atoms with E-state index in [9.17, 15) is 13.6 Å². The SMILES string of the molecule is CC(C)N/N=C/c1ccc(-c2ccc(N3C[C@H](CNc4ccon4)OC3=O)c(F)c2F)cn1. The molecule has 0 aliphatic carbocycles. The number of nitrogens with one attached hydrogen (secondary N) is 2. The van der Waals surface area contributed by atoms with Gasteiger partial charge in [0.15, 0.2) is 17.5 Å². The van der Waals surface area contributed by atoms with E-state index in [0.717, 1.165) is 4.90 Å². The third-order valence-electron chi connectivity index (χ3n) is 4.80. The molecule has 1 aliphatic rings. The van der Waals surface area contributed by atoms with Gasteiger partial charge >= 0.3 is 6.09 Å². The Kier molecular flexibility index (Phi) is 6.48. The molecule has 3 heterocycles. The number of benzene rings is 1. The average Bonchev–Trinajstić information content (AvgIpc) is 3.44. The predicted molar refractivity (Wildman–Crippen MR) is 118 cm³/mol. The largest absolute Gasteiger partial charge is 0.442 e. The molecule has 11 heteroatoms. The van der Waals surface area contributed by atoms with Gasteiger partial charge in [-0.2, -0.15) is 5.10 Å². The number of anilines is 2. The third kappa shape index (κ3) is 5.08. The number of hydrazone groups is 1. The van der Waals surface area contributed by atoms with Crippen molar-refractivity contribution >= 4 is 23.8 Å². The number of hydrogen-bond donors (Lipinski definition) is 2. The van der Waals surface area contributed by atoms with Crippen molar-refractivity contribution in [3.8, 4) is 11.1 Å². The van der Waals surface area contributed by atoms with Crippen LogP contribution in [0.15, 0.2) is 52.4 Å². The number of carbonyl (C=O) groups is 1. The van der Waals surface area contributed by atoms with E-state index >= 15 is 0 Å². The topological polar surface area (TPSA) is 105 Å². The molecule has 9 nitrogen and oxygen atoms in total. The van der Waals surface area contributed by atoms with Crippen molar-refractivity contribution in [1.29, 1.82) is 0 Å². The number of nitrogens with zero attached hydrogens (tertiary/aromatic N) is 4. The Morgan fingerprint density at radius 1 is 1.24 bits per heavy atom. The summed E-state index contributed by atoms with van der Waals surface area (Å²) in [5.74, 6) is -1.73. The zero-order valence-corrected chi connectivity index (χ0v) is 18.0. The lowest BCUT2D eigenvalue weighted by atomic mass is 10.1. The zero-order valence-electron chi connectivity index (χ0n) is 18.0. The van der Waals surface area contributed by atoms with E-state index < -0.39 is 23.8 Å². The quantitative estimate of drug-likeness (QED) is 0.393. The van der Waals surface area contributed by atoms with Crippen LogP contribution in [0, 0.1) is 11.6 Å². The lowest BCUT2D eigenvalue weighted by Crippen LogP contribution is -2.28. The zero-order chi connectivity index (χ0) is 23.4. The van der Waals surface area contributed by atoms with Gasteiger partial charge in [-0.05, 0) is 32.0 Å². The van der Waals surface area contributed by atoms with Gasteiger partial charge < -0.3 is 20.0 Å². The maximum Gasteiger partial charge on any atom is 0.414 e. The van der Waals surface area contributed by atoms with E-state index in [-0.39, 0.29) is 30.4 Å². The lowest BCUT2D eigenvalue weighted by molar-refractivity contribution is 0.147. The first kappa shape index (κ1) is 22.2. The minimum atomic E-state index is -1.14. The fraction of sp³-hybridized carbons (Fsp3) is 0.273. The summed E-state index contributed by atoms with van der Waals surface area (Å²) < 4.78 is 39.8. The maximum absolute atomic E-state index is 14.9. The fourth-order valence-corrected chi connectivity index (χ4v) is 3.21. The summed E-state index contributed by atoms with van der Waals surface area (Å²) >= 11 is 0. The number of rotatable bonds is 8. The molecule has 3 aromatic rings. The van der Waals surface area contributed by atoms with Gasteiger partial charge in [0.2, 0.25) is 0 Å². The van der Waals surface area contributed by atoms with Gasteiger partial charge in [-0.25, -0.2) is 13.6 Å². The summed E-state index contributed by atoms with van der Waals surface area (Å²) in [5.41, 5.74) is 3.67. The molecule has 1 saturated heterocycles. The Bertz CT molecular complexity index is 1140.